The maximum Gasteiger partial charge on any atom is 0.305 e. The van der Waals surface area contributed by atoms with Gasteiger partial charge < -0.3 is 20.3 Å². The first-order chi connectivity index (χ1) is 30.5. The van der Waals surface area contributed by atoms with Crippen LogP contribution in [0.3, 0.4) is 0 Å². The van der Waals surface area contributed by atoms with Gasteiger partial charge in [0, 0.05) is 12.8 Å². The molecule has 362 valence electrons. The third kappa shape index (κ3) is 47.3. The van der Waals surface area contributed by atoms with Crippen LogP contribution in [0.5, 0.6) is 0 Å². The van der Waals surface area contributed by atoms with Gasteiger partial charge in [-0.3, -0.25) is 9.59 Å². The molecular formula is C56H103NO5. The Morgan fingerprint density at radius 3 is 1.27 bits per heavy atom. The summed E-state index contributed by atoms with van der Waals surface area (Å²) < 4.78 is 5.47. The van der Waals surface area contributed by atoms with Gasteiger partial charge in [-0.05, 0) is 89.9 Å². The second-order valence-electron chi connectivity index (χ2n) is 18.2. The minimum atomic E-state index is -0.854. The Morgan fingerprint density at radius 1 is 0.452 bits per heavy atom. The maximum atomic E-state index is 12.4. The van der Waals surface area contributed by atoms with Crippen molar-refractivity contribution in [2.24, 2.45) is 0 Å². The summed E-state index contributed by atoms with van der Waals surface area (Å²) in [5.74, 6) is -0.102. The predicted octanol–water partition coefficient (Wildman–Crippen LogP) is 16.2. The van der Waals surface area contributed by atoms with Crippen LogP contribution in [0.4, 0.5) is 0 Å². The van der Waals surface area contributed by atoms with Crippen LogP contribution in [-0.2, 0) is 14.3 Å². The van der Waals surface area contributed by atoms with E-state index in [1.54, 1.807) is 6.08 Å². The summed E-state index contributed by atoms with van der Waals surface area (Å²) in [6, 6.07) is -0.639. The highest BCUT2D eigenvalue weighted by Gasteiger charge is 2.18. The lowest BCUT2D eigenvalue weighted by Gasteiger charge is -2.20. The van der Waals surface area contributed by atoms with Crippen molar-refractivity contribution in [3.8, 4) is 0 Å². The van der Waals surface area contributed by atoms with Crippen LogP contribution >= 0.6 is 0 Å². The van der Waals surface area contributed by atoms with Crippen LogP contribution < -0.4 is 5.32 Å². The summed E-state index contributed by atoms with van der Waals surface area (Å²) in [5.41, 5.74) is 0. The van der Waals surface area contributed by atoms with Crippen molar-refractivity contribution in [2.75, 3.05) is 13.2 Å². The highest BCUT2D eigenvalue weighted by atomic mass is 16.5. The SMILES string of the molecule is CCCCC/C=C\C/C=C\CCCCCCCCCCCC(=O)OCCCCCC/C=C\CCCCCCCCCC(=O)NC(CO)C(O)/C=C/CCCCCCCCCCC. The van der Waals surface area contributed by atoms with E-state index in [1.165, 1.54) is 167 Å². The van der Waals surface area contributed by atoms with E-state index in [0.717, 1.165) is 77.0 Å². The molecule has 3 N–H and O–H groups in total. The Balaban J connectivity index is 3.48. The summed E-state index contributed by atoms with van der Waals surface area (Å²) in [5, 5.41) is 23.0. The fourth-order valence-corrected chi connectivity index (χ4v) is 7.89. The largest absolute Gasteiger partial charge is 0.466 e. The fourth-order valence-electron chi connectivity index (χ4n) is 7.89. The Hall–Kier alpha value is -2.18. The maximum absolute atomic E-state index is 12.4. The number of esters is 1. The topological polar surface area (TPSA) is 95.9 Å². The summed E-state index contributed by atoms with van der Waals surface area (Å²) in [6.45, 7) is 4.82. The van der Waals surface area contributed by atoms with Gasteiger partial charge in [-0.15, -0.1) is 0 Å². The Labute approximate surface area is 385 Å². The van der Waals surface area contributed by atoms with Crippen LogP contribution in [-0.4, -0.2) is 47.4 Å². The minimum absolute atomic E-state index is 0.0160. The Morgan fingerprint density at radius 2 is 0.806 bits per heavy atom. The molecule has 0 heterocycles. The molecule has 2 atom stereocenters. The number of carbonyl (C=O) groups excluding carboxylic acids is 2. The zero-order chi connectivity index (χ0) is 45.1. The lowest BCUT2D eigenvalue weighted by Crippen LogP contribution is -2.45. The van der Waals surface area contributed by atoms with Crippen molar-refractivity contribution >= 4 is 11.9 Å². The number of amides is 1. The first-order valence-electron chi connectivity index (χ1n) is 26.9. The van der Waals surface area contributed by atoms with Crippen LogP contribution in [0.2, 0.25) is 0 Å². The lowest BCUT2D eigenvalue weighted by atomic mass is 10.1. The number of aliphatic hydroxyl groups excluding tert-OH is 2. The molecule has 62 heavy (non-hydrogen) atoms. The smallest absolute Gasteiger partial charge is 0.305 e. The molecule has 0 rings (SSSR count). The third-order valence-corrected chi connectivity index (χ3v) is 12.1. The second kappa shape index (κ2) is 51.5. The molecule has 0 aliphatic carbocycles. The van der Waals surface area contributed by atoms with Gasteiger partial charge in [0.2, 0.25) is 5.91 Å². The first kappa shape index (κ1) is 59.8. The highest BCUT2D eigenvalue weighted by molar-refractivity contribution is 5.76. The molecule has 6 nitrogen and oxygen atoms in total. The number of unbranched alkanes of at least 4 members (excludes halogenated alkanes) is 32. The Kier molecular flexibility index (Phi) is 49.6. The number of hydrogen-bond donors (Lipinski definition) is 3. The molecule has 6 heteroatoms. The van der Waals surface area contributed by atoms with Crippen molar-refractivity contribution in [1.82, 2.24) is 5.32 Å². The van der Waals surface area contributed by atoms with Crippen molar-refractivity contribution in [1.29, 1.82) is 0 Å². The highest BCUT2D eigenvalue weighted by Crippen LogP contribution is 2.15. The average molecular weight is 870 g/mol. The molecule has 0 aromatic rings. The van der Waals surface area contributed by atoms with Gasteiger partial charge in [0.25, 0.3) is 0 Å². The zero-order valence-corrected chi connectivity index (χ0v) is 41.1. The zero-order valence-electron chi connectivity index (χ0n) is 41.1. The van der Waals surface area contributed by atoms with E-state index in [1.807, 2.05) is 6.08 Å². The molecule has 0 bridgehead atoms. The molecule has 0 aliphatic heterocycles. The second-order valence-corrected chi connectivity index (χ2v) is 18.2. The third-order valence-electron chi connectivity index (χ3n) is 12.1. The van der Waals surface area contributed by atoms with E-state index in [2.05, 4.69) is 55.6 Å². The van der Waals surface area contributed by atoms with Crippen LogP contribution in [0, 0.1) is 0 Å². The molecule has 0 aliphatic rings. The molecule has 0 aromatic carbocycles. The van der Waals surface area contributed by atoms with Crippen LogP contribution in [0.15, 0.2) is 48.6 Å². The average Bonchev–Trinajstić information content (AvgIpc) is 3.27. The van der Waals surface area contributed by atoms with Gasteiger partial charge in [0.1, 0.15) is 0 Å². The van der Waals surface area contributed by atoms with E-state index in [-0.39, 0.29) is 18.5 Å². The molecule has 0 aromatic heterocycles. The number of hydrogen-bond acceptors (Lipinski definition) is 5. The standard InChI is InChI=1S/C56H103NO5/c1-3-5-7-9-11-13-15-16-17-18-19-20-23-26-30-34-38-42-46-50-56(61)62-51-47-43-39-35-31-27-24-21-22-25-29-33-37-41-45-49-55(60)57-53(52-58)54(59)48-44-40-36-32-28-14-12-10-8-6-4-2/h11,13,16-17,24,27,44,48,53-54,58-59H,3-10,12,14-15,18-23,25-26,28-43,45-47,49-52H2,1-2H3,(H,57,60)/b13-11-,17-16-,27-24-,48-44+. The number of carbonyl (C=O) groups is 2. The summed E-state index contributed by atoms with van der Waals surface area (Å²) in [6.07, 6.45) is 64.0. The molecule has 0 saturated carbocycles. The van der Waals surface area contributed by atoms with E-state index >= 15 is 0 Å². The van der Waals surface area contributed by atoms with E-state index in [4.69, 9.17) is 4.74 Å². The van der Waals surface area contributed by atoms with E-state index in [9.17, 15) is 19.8 Å². The van der Waals surface area contributed by atoms with Crippen molar-refractivity contribution in [3.05, 3.63) is 48.6 Å². The number of allylic oxidation sites excluding steroid dienone is 7. The lowest BCUT2D eigenvalue weighted by molar-refractivity contribution is -0.143. The molecule has 0 radical (unpaired) electrons. The Bertz CT molecular complexity index is 1050. The van der Waals surface area contributed by atoms with Gasteiger partial charge >= 0.3 is 5.97 Å². The van der Waals surface area contributed by atoms with E-state index in [0.29, 0.717) is 19.4 Å². The molecule has 0 fully saturated rings. The molecule has 0 spiro atoms. The van der Waals surface area contributed by atoms with E-state index < -0.39 is 12.1 Å². The fraction of sp³-hybridized carbons (Fsp3) is 0.821. The first-order valence-corrected chi connectivity index (χ1v) is 26.9. The summed E-state index contributed by atoms with van der Waals surface area (Å²) in [4.78, 5) is 24.5. The minimum Gasteiger partial charge on any atom is -0.466 e. The van der Waals surface area contributed by atoms with Crippen LogP contribution in [0.25, 0.3) is 0 Å². The van der Waals surface area contributed by atoms with Gasteiger partial charge in [-0.25, -0.2) is 0 Å². The molecule has 0 saturated heterocycles. The predicted molar refractivity (Wildman–Crippen MR) is 269 cm³/mol. The normalized spacial score (nSPS) is 13.0. The van der Waals surface area contributed by atoms with Crippen molar-refractivity contribution < 1.29 is 24.5 Å². The molecular weight excluding hydrogens is 767 g/mol. The molecule has 1 amide bonds. The van der Waals surface area contributed by atoms with Gasteiger partial charge in [-0.1, -0.05) is 217 Å². The van der Waals surface area contributed by atoms with Crippen LogP contribution in [0.1, 0.15) is 271 Å². The molecule has 2 unspecified atom stereocenters. The quantitative estimate of drug-likeness (QED) is 0.0322. The van der Waals surface area contributed by atoms with Gasteiger partial charge in [0.15, 0.2) is 0 Å². The summed E-state index contributed by atoms with van der Waals surface area (Å²) >= 11 is 0. The number of ether oxygens (including phenoxy) is 1. The van der Waals surface area contributed by atoms with Gasteiger partial charge in [-0.2, -0.15) is 0 Å². The number of rotatable bonds is 49. The summed E-state index contributed by atoms with van der Waals surface area (Å²) in [7, 11) is 0. The van der Waals surface area contributed by atoms with Gasteiger partial charge in [0.05, 0.1) is 25.4 Å². The number of aliphatic hydroxyl groups is 2. The number of nitrogens with one attached hydrogen (secondary N) is 1. The van der Waals surface area contributed by atoms with Crippen molar-refractivity contribution in [3.63, 3.8) is 0 Å². The monoisotopic (exact) mass is 870 g/mol. The van der Waals surface area contributed by atoms with Crippen molar-refractivity contribution in [2.45, 2.75) is 283 Å².